The second-order valence-electron chi connectivity index (χ2n) is 3.57. The van der Waals surface area contributed by atoms with E-state index < -0.39 is 0 Å². The molecule has 0 atom stereocenters. The van der Waals surface area contributed by atoms with Crippen LogP contribution in [0.3, 0.4) is 0 Å². The normalized spacial score (nSPS) is 10.5. The summed E-state index contributed by atoms with van der Waals surface area (Å²) >= 11 is 0. The third kappa shape index (κ3) is 2.06. The number of benzene rings is 1. The summed E-state index contributed by atoms with van der Waals surface area (Å²) in [5.74, 6) is 1.88. The Hall–Kier alpha value is -1.64. The van der Waals surface area contributed by atoms with Crippen molar-refractivity contribution in [2.45, 2.75) is 26.7 Å². The molecule has 0 bridgehead atoms. The van der Waals surface area contributed by atoms with Crippen LogP contribution in [0, 0.1) is 6.92 Å². The van der Waals surface area contributed by atoms with Gasteiger partial charge in [0.15, 0.2) is 5.82 Å². The average molecular weight is 201 g/mol. The number of para-hydroxylation sites is 1. The van der Waals surface area contributed by atoms with Gasteiger partial charge in [0, 0.05) is 6.42 Å². The molecule has 0 aliphatic carbocycles. The zero-order valence-electron chi connectivity index (χ0n) is 9.14. The lowest BCUT2D eigenvalue weighted by atomic mass is 10.3. The van der Waals surface area contributed by atoms with E-state index in [9.17, 15) is 0 Å². The quantitative estimate of drug-likeness (QED) is 0.764. The standard InChI is InChI=1S/C12H15N3/c1-3-7-12-13-10(2)15(14-12)11-8-5-4-6-9-11/h4-6,8-9H,3,7H2,1-2H3. The molecule has 0 N–H and O–H groups in total. The van der Waals surface area contributed by atoms with E-state index in [1.807, 2.05) is 41.9 Å². The largest absolute Gasteiger partial charge is 0.218 e. The fraction of sp³-hybridized carbons (Fsp3) is 0.333. The molecule has 0 unspecified atom stereocenters. The molecule has 0 saturated carbocycles. The van der Waals surface area contributed by atoms with Crippen LogP contribution in [0.4, 0.5) is 0 Å². The minimum Gasteiger partial charge on any atom is -0.218 e. The summed E-state index contributed by atoms with van der Waals surface area (Å²) in [6, 6.07) is 10.1. The fourth-order valence-corrected chi connectivity index (χ4v) is 1.59. The van der Waals surface area contributed by atoms with E-state index in [0.717, 1.165) is 30.2 Å². The molecule has 1 aromatic heterocycles. The van der Waals surface area contributed by atoms with Crippen molar-refractivity contribution in [3.8, 4) is 5.69 Å². The Balaban J connectivity index is 2.36. The summed E-state index contributed by atoms with van der Waals surface area (Å²) in [6.45, 7) is 4.12. The van der Waals surface area contributed by atoms with Crippen molar-refractivity contribution in [2.75, 3.05) is 0 Å². The first-order valence-electron chi connectivity index (χ1n) is 5.29. The lowest BCUT2D eigenvalue weighted by Crippen LogP contribution is -1.98. The third-order valence-electron chi connectivity index (χ3n) is 2.29. The lowest BCUT2D eigenvalue weighted by Gasteiger charge is -2.00. The maximum atomic E-state index is 4.48. The summed E-state index contributed by atoms with van der Waals surface area (Å²) < 4.78 is 1.89. The second-order valence-corrected chi connectivity index (χ2v) is 3.57. The van der Waals surface area contributed by atoms with Crippen molar-refractivity contribution in [1.29, 1.82) is 0 Å². The summed E-state index contributed by atoms with van der Waals surface area (Å²) in [6.07, 6.45) is 2.03. The SMILES string of the molecule is CCCc1nc(C)n(-c2ccccc2)n1. The fourth-order valence-electron chi connectivity index (χ4n) is 1.59. The number of hydrogen-bond acceptors (Lipinski definition) is 2. The van der Waals surface area contributed by atoms with Gasteiger partial charge in [-0.3, -0.25) is 0 Å². The molecule has 1 heterocycles. The van der Waals surface area contributed by atoms with Gasteiger partial charge in [-0.25, -0.2) is 9.67 Å². The first-order valence-corrected chi connectivity index (χ1v) is 5.29. The van der Waals surface area contributed by atoms with Crippen molar-refractivity contribution in [3.63, 3.8) is 0 Å². The lowest BCUT2D eigenvalue weighted by molar-refractivity contribution is 0.791. The van der Waals surface area contributed by atoms with Crippen LogP contribution in [0.2, 0.25) is 0 Å². The van der Waals surface area contributed by atoms with E-state index in [0.29, 0.717) is 0 Å². The summed E-state index contributed by atoms with van der Waals surface area (Å²) in [5.41, 5.74) is 1.07. The number of nitrogens with zero attached hydrogens (tertiary/aromatic N) is 3. The molecule has 0 saturated heterocycles. The molecule has 0 aliphatic heterocycles. The highest BCUT2D eigenvalue weighted by atomic mass is 15.3. The smallest absolute Gasteiger partial charge is 0.151 e. The second kappa shape index (κ2) is 4.26. The van der Waals surface area contributed by atoms with E-state index in [1.165, 1.54) is 0 Å². The van der Waals surface area contributed by atoms with Crippen molar-refractivity contribution in [2.24, 2.45) is 0 Å². The number of aryl methyl sites for hydroxylation is 2. The van der Waals surface area contributed by atoms with E-state index in [4.69, 9.17) is 0 Å². The van der Waals surface area contributed by atoms with Gasteiger partial charge in [-0.05, 0) is 25.5 Å². The van der Waals surface area contributed by atoms with Crippen molar-refractivity contribution in [3.05, 3.63) is 42.0 Å². The summed E-state index contributed by atoms with van der Waals surface area (Å²) in [4.78, 5) is 4.43. The van der Waals surface area contributed by atoms with Crippen LogP contribution in [-0.4, -0.2) is 14.8 Å². The Morgan fingerprint density at radius 3 is 2.60 bits per heavy atom. The van der Waals surface area contributed by atoms with E-state index in [1.54, 1.807) is 0 Å². The van der Waals surface area contributed by atoms with Crippen molar-refractivity contribution < 1.29 is 0 Å². The first-order chi connectivity index (χ1) is 7.31. The molecule has 3 heteroatoms. The topological polar surface area (TPSA) is 30.7 Å². The summed E-state index contributed by atoms with van der Waals surface area (Å²) in [5, 5.41) is 4.48. The molecule has 3 nitrogen and oxygen atoms in total. The third-order valence-corrected chi connectivity index (χ3v) is 2.29. The van der Waals surface area contributed by atoms with Crippen LogP contribution in [-0.2, 0) is 6.42 Å². The Morgan fingerprint density at radius 2 is 1.93 bits per heavy atom. The van der Waals surface area contributed by atoms with Crippen LogP contribution in [0.15, 0.2) is 30.3 Å². The van der Waals surface area contributed by atoms with Crippen LogP contribution in [0.25, 0.3) is 5.69 Å². The Bertz CT molecular complexity index is 431. The molecule has 2 aromatic rings. The summed E-state index contributed by atoms with van der Waals surface area (Å²) in [7, 11) is 0. The van der Waals surface area contributed by atoms with Gasteiger partial charge >= 0.3 is 0 Å². The Kier molecular flexibility index (Phi) is 2.81. The average Bonchev–Trinajstić information content (AvgIpc) is 2.61. The molecule has 0 radical (unpaired) electrons. The monoisotopic (exact) mass is 201 g/mol. The van der Waals surface area contributed by atoms with Crippen LogP contribution >= 0.6 is 0 Å². The Morgan fingerprint density at radius 1 is 1.20 bits per heavy atom. The molecule has 78 valence electrons. The van der Waals surface area contributed by atoms with Crippen LogP contribution in [0.5, 0.6) is 0 Å². The predicted molar refractivity (Wildman–Crippen MR) is 60.1 cm³/mol. The highest BCUT2D eigenvalue weighted by Gasteiger charge is 2.06. The Labute approximate surface area is 89.8 Å². The zero-order valence-corrected chi connectivity index (χ0v) is 9.14. The minimum atomic E-state index is 0.929. The van der Waals surface area contributed by atoms with Crippen LogP contribution < -0.4 is 0 Å². The van der Waals surface area contributed by atoms with Crippen LogP contribution in [0.1, 0.15) is 25.0 Å². The first kappa shape index (κ1) is 9.90. The minimum absolute atomic E-state index is 0.929. The molecule has 15 heavy (non-hydrogen) atoms. The van der Waals surface area contributed by atoms with E-state index in [2.05, 4.69) is 17.0 Å². The van der Waals surface area contributed by atoms with Gasteiger partial charge in [-0.2, -0.15) is 5.10 Å². The van der Waals surface area contributed by atoms with Gasteiger partial charge in [0.2, 0.25) is 0 Å². The van der Waals surface area contributed by atoms with Gasteiger partial charge in [-0.1, -0.05) is 25.1 Å². The molecule has 0 fully saturated rings. The van der Waals surface area contributed by atoms with Crippen molar-refractivity contribution in [1.82, 2.24) is 14.8 Å². The van der Waals surface area contributed by atoms with Gasteiger partial charge in [0.05, 0.1) is 5.69 Å². The number of rotatable bonds is 3. The van der Waals surface area contributed by atoms with E-state index >= 15 is 0 Å². The van der Waals surface area contributed by atoms with Gasteiger partial charge in [0.25, 0.3) is 0 Å². The number of aromatic nitrogens is 3. The maximum absolute atomic E-state index is 4.48. The van der Waals surface area contributed by atoms with Gasteiger partial charge in [0.1, 0.15) is 5.82 Å². The predicted octanol–water partition coefficient (Wildman–Crippen LogP) is 2.53. The molecule has 0 spiro atoms. The molecular formula is C12H15N3. The molecule has 1 aromatic carbocycles. The highest BCUT2D eigenvalue weighted by Crippen LogP contribution is 2.09. The molecular weight excluding hydrogens is 186 g/mol. The zero-order chi connectivity index (χ0) is 10.7. The van der Waals surface area contributed by atoms with Gasteiger partial charge < -0.3 is 0 Å². The molecule has 0 amide bonds. The maximum Gasteiger partial charge on any atom is 0.151 e. The number of hydrogen-bond donors (Lipinski definition) is 0. The van der Waals surface area contributed by atoms with E-state index in [-0.39, 0.29) is 0 Å². The molecule has 2 rings (SSSR count). The highest BCUT2D eigenvalue weighted by molar-refractivity contribution is 5.30. The molecule has 0 aliphatic rings. The van der Waals surface area contributed by atoms with Crippen molar-refractivity contribution >= 4 is 0 Å². The van der Waals surface area contributed by atoms with Gasteiger partial charge in [-0.15, -0.1) is 0 Å².